The maximum absolute atomic E-state index is 9.59. The summed E-state index contributed by atoms with van der Waals surface area (Å²) in [5, 5.41) is 9.59. The van der Waals surface area contributed by atoms with Gasteiger partial charge in [0.15, 0.2) is 0 Å². The Labute approximate surface area is 95.2 Å². The van der Waals surface area contributed by atoms with Crippen LogP contribution in [0.3, 0.4) is 0 Å². The van der Waals surface area contributed by atoms with Crippen molar-refractivity contribution in [3.05, 3.63) is 23.9 Å². The maximum atomic E-state index is 9.59. The molecule has 0 amide bonds. The maximum Gasteiger partial charge on any atom is 0.144 e. The Balaban J connectivity index is 2.02. The van der Waals surface area contributed by atoms with Gasteiger partial charge in [-0.15, -0.1) is 0 Å². The highest BCUT2D eigenvalue weighted by Gasteiger charge is 2.18. The lowest BCUT2D eigenvalue weighted by Crippen LogP contribution is -2.37. The van der Waals surface area contributed by atoms with E-state index in [1.807, 2.05) is 12.1 Å². The summed E-state index contributed by atoms with van der Waals surface area (Å²) in [6, 6.07) is 3.90. The van der Waals surface area contributed by atoms with Crippen LogP contribution in [0.1, 0.15) is 18.4 Å². The van der Waals surface area contributed by atoms with Gasteiger partial charge in [0.2, 0.25) is 0 Å². The zero-order valence-electron chi connectivity index (χ0n) is 9.26. The summed E-state index contributed by atoms with van der Waals surface area (Å²) in [7, 11) is 0. The molecule has 5 nitrogen and oxygen atoms in total. The average molecular weight is 222 g/mol. The van der Waals surface area contributed by atoms with Gasteiger partial charge in [0.1, 0.15) is 5.82 Å². The average Bonchev–Trinajstić information content (AvgIpc) is 2.30. The van der Waals surface area contributed by atoms with Crippen molar-refractivity contribution in [1.82, 2.24) is 9.88 Å². The first-order valence-electron chi connectivity index (χ1n) is 5.60. The highest BCUT2D eigenvalue weighted by molar-refractivity contribution is 5.42. The summed E-state index contributed by atoms with van der Waals surface area (Å²) < 4.78 is 0. The first-order chi connectivity index (χ1) is 7.79. The molecule has 1 unspecified atom stereocenters. The molecular formula is C11H18N4O. The normalized spacial score (nSPS) is 22.0. The van der Waals surface area contributed by atoms with Crippen molar-refractivity contribution >= 4 is 5.82 Å². The van der Waals surface area contributed by atoms with Crippen molar-refractivity contribution in [3.63, 3.8) is 0 Å². The van der Waals surface area contributed by atoms with Crippen LogP contribution < -0.4 is 11.3 Å². The molecule has 0 saturated carbocycles. The number of hydrogen-bond acceptors (Lipinski definition) is 5. The lowest BCUT2D eigenvalue weighted by Gasteiger charge is -2.30. The number of piperidine rings is 1. The minimum absolute atomic E-state index is 0.195. The molecule has 0 radical (unpaired) electrons. The van der Waals surface area contributed by atoms with Crippen LogP contribution in [0, 0.1) is 0 Å². The van der Waals surface area contributed by atoms with E-state index >= 15 is 0 Å². The highest BCUT2D eigenvalue weighted by atomic mass is 16.3. The fourth-order valence-electron chi connectivity index (χ4n) is 2.11. The van der Waals surface area contributed by atoms with Gasteiger partial charge in [0.25, 0.3) is 0 Å². The SMILES string of the molecule is NNc1ncccc1CN1CCCC(O)C1. The minimum Gasteiger partial charge on any atom is -0.392 e. The fraction of sp³-hybridized carbons (Fsp3) is 0.545. The van der Waals surface area contributed by atoms with Crippen molar-refractivity contribution in [3.8, 4) is 0 Å². The number of hydrazine groups is 1. The lowest BCUT2D eigenvalue weighted by atomic mass is 10.1. The van der Waals surface area contributed by atoms with Crippen LogP contribution >= 0.6 is 0 Å². The number of likely N-dealkylation sites (tertiary alicyclic amines) is 1. The number of nitrogens with two attached hydrogens (primary N) is 1. The first-order valence-corrected chi connectivity index (χ1v) is 5.60. The molecule has 4 N–H and O–H groups in total. The second-order valence-corrected chi connectivity index (χ2v) is 4.19. The molecule has 1 saturated heterocycles. The number of aromatic nitrogens is 1. The summed E-state index contributed by atoms with van der Waals surface area (Å²) >= 11 is 0. The van der Waals surface area contributed by atoms with Gasteiger partial charge in [-0.05, 0) is 25.5 Å². The van der Waals surface area contributed by atoms with E-state index in [0.29, 0.717) is 5.82 Å². The Morgan fingerprint density at radius 3 is 3.25 bits per heavy atom. The molecule has 0 spiro atoms. The molecule has 16 heavy (non-hydrogen) atoms. The number of hydrogen-bond donors (Lipinski definition) is 3. The van der Waals surface area contributed by atoms with Crippen molar-refractivity contribution in [2.75, 3.05) is 18.5 Å². The number of pyridine rings is 1. The Kier molecular flexibility index (Phi) is 3.71. The van der Waals surface area contributed by atoms with Gasteiger partial charge in [-0.1, -0.05) is 6.07 Å². The van der Waals surface area contributed by atoms with Gasteiger partial charge >= 0.3 is 0 Å². The second kappa shape index (κ2) is 5.25. The molecule has 1 aromatic heterocycles. The van der Waals surface area contributed by atoms with Crippen LogP contribution in [0.2, 0.25) is 0 Å². The van der Waals surface area contributed by atoms with Gasteiger partial charge in [0, 0.05) is 24.8 Å². The van der Waals surface area contributed by atoms with Gasteiger partial charge in [-0.3, -0.25) is 4.90 Å². The third kappa shape index (κ3) is 2.69. The molecule has 1 atom stereocenters. The summed E-state index contributed by atoms with van der Waals surface area (Å²) in [6.45, 7) is 2.54. The Morgan fingerprint density at radius 2 is 2.50 bits per heavy atom. The van der Waals surface area contributed by atoms with Crippen LogP contribution in [-0.2, 0) is 6.54 Å². The van der Waals surface area contributed by atoms with Crippen molar-refractivity contribution in [2.24, 2.45) is 5.84 Å². The largest absolute Gasteiger partial charge is 0.392 e. The summed E-state index contributed by atoms with van der Waals surface area (Å²) in [4.78, 5) is 6.38. The number of anilines is 1. The van der Waals surface area contributed by atoms with Crippen LogP contribution in [-0.4, -0.2) is 34.2 Å². The molecule has 0 bridgehead atoms. The van der Waals surface area contributed by atoms with Gasteiger partial charge in [0.05, 0.1) is 6.10 Å². The molecule has 1 aliphatic heterocycles. The molecule has 1 aromatic rings. The van der Waals surface area contributed by atoms with Gasteiger partial charge < -0.3 is 10.5 Å². The highest BCUT2D eigenvalue weighted by Crippen LogP contribution is 2.17. The Hall–Kier alpha value is -1.17. The van der Waals surface area contributed by atoms with E-state index in [-0.39, 0.29) is 6.10 Å². The zero-order chi connectivity index (χ0) is 11.4. The molecule has 2 heterocycles. The molecule has 88 valence electrons. The summed E-state index contributed by atoms with van der Waals surface area (Å²) in [6.07, 6.45) is 3.47. The number of nitrogens with zero attached hydrogens (tertiary/aromatic N) is 2. The molecule has 5 heteroatoms. The molecule has 1 aliphatic rings. The van der Waals surface area contributed by atoms with E-state index in [2.05, 4.69) is 15.3 Å². The topological polar surface area (TPSA) is 74.4 Å². The van der Waals surface area contributed by atoms with E-state index in [4.69, 9.17) is 5.84 Å². The fourth-order valence-corrected chi connectivity index (χ4v) is 2.11. The standard InChI is InChI=1S/C11H18N4O/c12-14-11-9(3-1-5-13-11)7-15-6-2-4-10(16)8-15/h1,3,5,10,16H,2,4,6-8,12H2,(H,13,14). The molecule has 0 aliphatic carbocycles. The van der Waals surface area contributed by atoms with E-state index in [0.717, 1.165) is 38.0 Å². The van der Waals surface area contributed by atoms with Crippen LogP contribution in [0.15, 0.2) is 18.3 Å². The van der Waals surface area contributed by atoms with E-state index in [1.54, 1.807) is 6.20 Å². The molecule has 1 fully saturated rings. The molecular weight excluding hydrogens is 204 g/mol. The molecule has 0 aromatic carbocycles. The third-order valence-corrected chi connectivity index (χ3v) is 2.90. The summed E-state index contributed by atoms with van der Waals surface area (Å²) in [5.74, 6) is 6.11. The Bertz CT molecular complexity index is 345. The number of nitrogens with one attached hydrogen (secondary N) is 1. The Morgan fingerprint density at radius 1 is 1.62 bits per heavy atom. The predicted molar refractivity (Wildman–Crippen MR) is 62.6 cm³/mol. The number of aliphatic hydroxyl groups is 1. The zero-order valence-corrected chi connectivity index (χ0v) is 9.26. The summed E-state index contributed by atoms with van der Waals surface area (Å²) in [5.41, 5.74) is 3.66. The van der Waals surface area contributed by atoms with Crippen molar-refractivity contribution in [2.45, 2.75) is 25.5 Å². The lowest BCUT2D eigenvalue weighted by molar-refractivity contribution is 0.0669. The van der Waals surface area contributed by atoms with E-state index < -0.39 is 0 Å². The predicted octanol–water partition coefficient (Wildman–Crippen LogP) is 0.324. The van der Waals surface area contributed by atoms with Gasteiger partial charge in [-0.2, -0.15) is 0 Å². The monoisotopic (exact) mass is 222 g/mol. The third-order valence-electron chi connectivity index (χ3n) is 2.90. The van der Waals surface area contributed by atoms with Crippen molar-refractivity contribution < 1.29 is 5.11 Å². The first kappa shape index (κ1) is 11.3. The smallest absolute Gasteiger partial charge is 0.144 e. The molecule has 2 rings (SSSR count). The second-order valence-electron chi connectivity index (χ2n) is 4.19. The van der Waals surface area contributed by atoms with Crippen LogP contribution in [0.5, 0.6) is 0 Å². The van der Waals surface area contributed by atoms with Gasteiger partial charge in [-0.25, -0.2) is 10.8 Å². The van der Waals surface area contributed by atoms with Crippen LogP contribution in [0.4, 0.5) is 5.82 Å². The van der Waals surface area contributed by atoms with E-state index in [1.165, 1.54) is 0 Å². The number of β-amino-alcohol motifs (C(OH)–C–C–N with tert-alkyl or cyclic N) is 1. The number of aliphatic hydroxyl groups excluding tert-OH is 1. The quantitative estimate of drug-likeness (QED) is 0.507. The van der Waals surface area contributed by atoms with Crippen molar-refractivity contribution in [1.29, 1.82) is 0 Å². The van der Waals surface area contributed by atoms with E-state index in [9.17, 15) is 5.11 Å². The number of nitrogen functional groups attached to an aromatic ring is 1. The minimum atomic E-state index is -0.195. The van der Waals surface area contributed by atoms with Crippen LogP contribution in [0.25, 0.3) is 0 Å². The number of rotatable bonds is 3.